The fourth-order valence-corrected chi connectivity index (χ4v) is 2.77. The Balaban J connectivity index is 2.18. The zero-order chi connectivity index (χ0) is 14.8. The Bertz CT molecular complexity index is 555. The highest BCUT2D eigenvalue weighted by Gasteiger charge is 2.39. The maximum Gasteiger partial charge on any atom is 0.250 e. The van der Waals surface area contributed by atoms with Crippen LogP contribution in [-0.4, -0.2) is 18.5 Å². The Labute approximate surface area is 122 Å². The van der Waals surface area contributed by atoms with E-state index < -0.39 is 8.32 Å². The van der Waals surface area contributed by atoms with Crippen LogP contribution in [0.5, 0.6) is 5.75 Å². The number of hydrogen-bond acceptors (Lipinski definition) is 2. The van der Waals surface area contributed by atoms with E-state index in [1.165, 1.54) is 5.56 Å². The van der Waals surface area contributed by atoms with Gasteiger partial charge in [-0.3, -0.25) is 5.10 Å². The third-order valence-electron chi connectivity index (χ3n) is 4.07. The number of rotatable bonds is 4. The highest BCUT2D eigenvalue weighted by atomic mass is 28.4. The molecule has 3 nitrogen and oxygen atoms in total. The molecule has 1 aromatic heterocycles. The lowest BCUT2D eigenvalue weighted by Crippen LogP contribution is -2.44. The zero-order valence-corrected chi connectivity index (χ0v) is 14.0. The van der Waals surface area contributed by atoms with Crippen molar-refractivity contribution >= 4 is 8.32 Å². The Hall–Kier alpha value is -1.55. The van der Waals surface area contributed by atoms with E-state index in [0.29, 0.717) is 0 Å². The van der Waals surface area contributed by atoms with Crippen LogP contribution in [0.25, 0.3) is 0 Å². The number of aromatic amines is 1. The Kier molecular flexibility index (Phi) is 4.04. The first kappa shape index (κ1) is 14.8. The van der Waals surface area contributed by atoms with Gasteiger partial charge >= 0.3 is 0 Å². The van der Waals surface area contributed by atoms with Gasteiger partial charge in [-0.2, -0.15) is 5.10 Å². The number of aromatic nitrogens is 2. The Morgan fingerprint density at radius 1 is 1.15 bits per heavy atom. The van der Waals surface area contributed by atoms with Crippen LogP contribution >= 0.6 is 0 Å². The van der Waals surface area contributed by atoms with Crippen molar-refractivity contribution in [3.8, 4) is 5.75 Å². The van der Waals surface area contributed by atoms with Crippen LogP contribution < -0.4 is 4.43 Å². The van der Waals surface area contributed by atoms with Crippen LogP contribution in [0.2, 0.25) is 18.1 Å². The molecule has 108 valence electrons. The second-order valence-electron chi connectivity index (χ2n) is 6.72. The summed E-state index contributed by atoms with van der Waals surface area (Å²) in [4.78, 5) is 0. The van der Waals surface area contributed by atoms with Gasteiger partial charge in [0, 0.05) is 6.42 Å². The molecule has 2 rings (SSSR count). The van der Waals surface area contributed by atoms with Gasteiger partial charge in [0.05, 0.1) is 6.20 Å². The molecule has 0 atom stereocenters. The van der Waals surface area contributed by atoms with Crippen LogP contribution in [0, 0.1) is 0 Å². The molecule has 20 heavy (non-hydrogen) atoms. The second kappa shape index (κ2) is 5.44. The van der Waals surface area contributed by atoms with Crippen LogP contribution in [0.1, 0.15) is 32.0 Å². The van der Waals surface area contributed by atoms with E-state index in [1.807, 2.05) is 12.3 Å². The molecule has 0 unspecified atom stereocenters. The van der Waals surface area contributed by atoms with Gasteiger partial charge in [-0.25, -0.2) is 0 Å². The molecule has 0 aliphatic heterocycles. The van der Waals surface area contributed by atoms with Crippen molar-refractivity contribution in [2.45, 2.75) is 45.3 Å². The first-order valence-corrected chi connectivity index (χ1v) is 9.96. The summed E-state index contributed by atoms with van der Waals surface area (Å²) in [5, 5.41) is 7.48. The summed E-state index contributed by atoms with van der Waals surface area (Å²) in [7, 11) is -1.82. The fourth-order valence-electron chi connectivity index (χ4n) is 1.74. The van der Waals surface area contributed by atoms with E-state index in [0.717, 1.165) is 17.9 Å². The average Bonchev–Trinajstić information content (AvgIpc) is 2.76. The molecular weight excluding hydrogens is 264 g/mol. The molecule has 1 N–H and O–H groups in total. The molecule has 2 aromatic rings. The minimum Gasteiger partial charge on any atom is -0.541 e. The van der Waals surface area contributed by atoms with Crippen molar-refractivity contribution in [2.75, 3.05) is 0 Å². The van der Waals surface area contributed by atoms with E-state index in [9.17, 15) is 0 Å². The summed E-state index contributed by atoms with van der Waals surface area (Å²) in [5.74, 6) is 0.903. The van der Waals surface area contributed by atoms with Gasteiger partial charge in [0.1, 0.15) is 11.4 Å². The molecule has 0 spiro atoms. The Morgan fingerprint density at radius 2 is 1.80 bits per heavy atom. The van der Waals surface area contributed by atoms with E-state index in [1.54, 1.807) is 0 Å². The van der Waals surface area contributed by atoms with Gasteiger partial charge in [0.25, 0.3) is 8.32 Å². The van der Waals surface area contributed by atoms with Crippen LogP contribution in [-0.2, 0) is 6.42 Å². The molecule has 0 saturated heterocycles. The number of H-pyrrole nitrogens is 1. The minimum atomic E-state index is -1.82. The van der Waals surface area contributed by atoms with Crippen molar-refractivity contribution in [3.63, 3.8) is 0 Å². The molecule has 1 aromatic carbocycles. The maximum atomic E-state index is 6.35. The number of nitrogens with zero attached hydrogens (tertiary/aromatic N) is 1. The van der Waals surface area contributed by atoms with Crippen molar-refractivity contribution in [1.29, 1.82) is 0 Å². The molecule has 0 bridgehead atoms. The van der Waals surface area contributed by atoms with Gasteiger partial charge in [0.15, 0.2) is 0 Å². The number of benzene rings is 1. The molecule has 0 saturated carbocycles. The maximum absolute atomic E-state index is 6.35. The lowest BCUT2D eigenvalue weighted by atomic mass is 10.1. The fraction of sp³-hybridized carbons (Fsp3) is 0.438. The summed E-state index contributed by atoms with van der Waals surface area (Å²) in [5.41, 5.74) is 2.24. The third kappa shape index (κ3) is 3.31. The van der Waals surface area contributed by atoms with Crippen molar-refractivity contribution < 1.29 is 4.43 Å². The third-order valence-corrected chi connectivity index (χ3v) is 8.41. The van der Waals surface area contributed by atoms with Crippen molar-refractivity contribution in [2.24, 2.45) is 0 Å². The summed E-state index contributed by atoms with van der Waals surface area (Å²) in [6.45, 7) is 11.3. The van der Waals surface area contributed by atoms with Crippen LogP contribution in [0.4, 0.5) is 0 Å². The molecule has 0 fully saturated rings. The number of hydrogen-bond donors (Lipinski definition) is 1. The predicted molar refractivity (Wildman–Crippen MR) is 85.7 cm³/mol. The largest absolute Gasteiger partial charge is 0.541 e. The summed E-state index contributed by atoms with van der Waals surface area (Å²) < 4.78 is 6.35. The first-order chi connectivity index (χ1) is 9.29. The molecule has 4 heteroatoms. The minimum absolute atomic E-state index is 0.189. The lowest BCUT2D eigenvalue weighted by molar-refractivity contribution is 0.488. The first-order valence-electron chi connectivity index (χ1n) is 7.05. The van der Waals surface area contributed by atoms with Gasteiger partial charge in [0.2, 0.25) is 0 Å². The van der Waals surface area contributed by atoms with E-state index in [4.69, 9.17) is 4.43 Å². The lowest BCUT2D eigenvalue weighted by Gasteiger charge is -2.36. The summed E-state index contributed by atoms with van der Waals surface area (Å²) in [6.07, 6.45) is 2.67. The van der Waals surface area contributed by atoms with Crippen LogP contribution in [0.3, 0.4) is 0 Å². The standard InChI is InChI=1S/C16H24N2OSi/c1-16(2,3)20(4,5)19-15-12-17-18-14(15)11-13-9-7-6-8-10-13/h6-10,12H,11H2,1-5H3,(H,17,18). The number of nitrogens with one attached hydrogen (secondary N) is 1. The monoisotopic (exact) mass is 288 g/mol. The average molecular weight is 288 g/mol. The molecular formula is C16H24N2OSi. The molecule has 0 aliphatic carbocycles. The van der Waals surface area contributed by atoms with E-state index in [2.05, 4.69) is 68.3 Å². The smallest absolute Gasteiger partial charge is 0.250 e. The Morgan fingerprint density at radius 3 is 2.40 bits per heavy atom. The molecule has 0 aliphatic rings. The molecule has 1 heterocycles. The second-order valence-corrected chi connectivity index (χ2v) is 11.4. The molecule has 0 amide bonds. The highest BCUT2D eigenvalue weighted by molar-refractivity contribution is 6.74. The predicted octanol–water partition coefficient (Wildman–Crippen LogP) is 4.38. The van der Waals surface area contributed by atoms with Gasteiger partial charge in [-0.15, -0.1) is 0 Å². The quantitative estimate of drug-likeness (QED) is 0.848. The normalized spacial score (nSPS) is 12.4. The van der Waals surface area contributed by atoms with Gasteiger partial charge in [-0.05, 0) is 23.7 Å². The summed E-state index contributed by atoms with van der Waals surface area (Å²) in [6, 6.07) is 10.4. The van der Waals surface area contributed by atoms with Crippen LogP contribution in [0.15, 0.2) is 36.5 Å². The zero-order valence-electron chi connectivity index (χ0n) is 13.0. The van der Waals surface area contributed by atoms with Gasteiger partial charge in [-0.1, -0.05) is 51.1 Å². The summed E-state index contributed by atoms with van der Waals surface area (Å²) >= 11 is 0. The topological polar surface area (TPSA) is 37.9 Å². The SMILES string of the molecule is CC(C)(C)[Si](C)(C)Oc1c[nH]nc1Cc1ccccc1. The van der Waals surface area contributed by atoms with E-state index >= 15 is 0 Å². The highest BCUT2D eigenvalue weighted by Crippen LogP contribution is 2.38. The van der Waals surface area contributed by atoms with Gasteiger partial charge < -0.3 is 4.43 Å². The van der Waals surface area contributed by atoms with E-state index in [-0.39, 0.29) is 5.04 Å². The van der Waals surface area contributed by atoms with Crippen molar-refractivity contribution in [1.82, 2.24) is 10.2 Å². The van der Waals surface area contributed by atoms with Crippen molar-refractivity contribution in [3.05, 3.63) is 47.8 Å². The molecule has 0 radical (unpaired) electrons.